The molecule has 3 aromatic rings. The molecule has 3 rings (SSSR count). The summed E-state index contributed by atoms with van der Waals surface area (Å²) in [6.07, 6.45) is 1.50. The number of aromatic nitrogens is 2. The Bertz CT molecular complexity index is 850. The van der Waals surface area contributed by atoms with Gasteiger partial charge in [0.15, 0.2) is 0 Å². The molecule has 0 atom stereocenters. The van der Waals surface area contributed by atoms with Crippen LogP contribution >= 0.6 is 11.3 Å². The molecule has 104 valence electrons. The largest absolute Gasteiger partial charge is 0.377 e. The summed E-state index contributed by atoms with van der Waals surface area (Å²) in [5, 5.41) is 15.9. The Kier molecular flexibility index (Phi) is 3.50. The number of nitrogens with zero attached hydrogens (tertiary/aromatic N) is 3. The minimum Gasteiger partial charge on any atom is -0.377 e. The number of hydrogen-bond acceptors (Lipinski definition) is 5. The monoisotopic (exact) mass is 298 g/mol. The van der Waals surface area contributed by atoms with E-state index in [2.05, 4.69) is 21.4 Å². The molecule has 0 amide bonds. The summed E-state index contributed by atoms with van der Waals surface area (Å²) in [5.41, 5.74) is 2.59. The minimum absolute atomic E-state index is 0.354. The van der Waals surface area contributed by atoms with Crippen molar-refractivity contribution in [3.05, 3.63) is 51.9 Å². The molecule has 0 spiro atoms. The summed E-state index contributed by atoms with van der Waals surface area (Å²) in [6, 6.07) is 6.43. The van der Waals surface area contributed by atoms with Gasteiger partial charge in [-0.15, -0.1) is 11.3 Å². The molecule has 0 aliphatic heterocycles. The van der Waals surface area contributed by atoms with Crippen molar-refractivity contribution in [1.29, 1.82) is 5.26 Å². The van der Waals surface area contributed by atoms with Gasteiger partial charge in [0.25, 0.3) is 0 Å². The summed E-state index contributed by atoms with van der Waals surface area (Å²) in [6.45, 7) is 2.42. The number of anilines is 1. The van der Waals surface area contributed by atoms with Crippen molar-refractivity contribution >= 4 is 27.9 Å². The summed E-state index contributed by atoms with van der Waals surface area (Å²) < 4.78 is 13.5. The fraction of sp³-hybridized carbons (Fsp3) is 0.133. The third kappa shape index (κ3) is 2.69. The zero-order valence-corrected chi connectivity index (χ0v) is 12.0. The lowest BCUT2D eigenvalue weighted by atomic mass is 10.1. The zero-order chi connectivity index (χ0) is 14.8. The van der Waals surface area contributed by atoms with Crippen LogP contribution in [0.25, 0.3) is 10.9 Å². The Balaban J connectivity index is 2.02. The molecule has 0 saturated heterocycles. The first-order valence-electron chi connectivity index (χ1n) is 6.30. The second kappa shape index (κ2) is 5.46. The van der Waals surface area contributed by atoms with Gasteiger partial charge in [-0.2, -0.15) is 5.26 Å². The highest BCUT2D eigenvalue weighted by molar-refractivity contribution is 7.09. The van der Waals surface area contributed by atoms with Crippen molar-refractivity contribution in [2.45, 2.75) is 13.5 Å². The lowest BCUT2D eigenvalue weighted by Crippen LogP contribution is -2.03. The molecule has 21 heavy (non-hydrogen) atoms. The van der Waals surface area contributed by atoms with E-state index >= 15 is 0 Å². The molecule has 2 heterocycles. The molecule has 4 nitrogen and oxygen atoms in total. The lowest BCUT2D eigenvalue weighted by Gasteiger charge is -2.10. The van der Waals surface area contributed by atoms with E-state index in [1.165, 1.54) is 18.3 Å². The standard InChI is InChI=1S/C15H11FN4S/c1-9-8-21-14(20-9)7-19-15-10(5-17)6-18-13-3-2-11(16)4-12(13)15/h2-4,6,8H,7H2,1H3,(H,18,19). The summed E-state index contributed by atoms with van der Waals surface area (Å²) in [4.78, 5) is 8.53. The SMILES string of the molecule is Cc1csc(CNc2c(C#N)cnc3ccc(F)cc23)n1. The van der Waals surface area contributed by atoms with E-state index < -0.39 is 0 Å². The Morgan fingerprint density at radius 1 is 1.43 bits per heavy atom. The summed E-state index contributed by atoms with van der Waals surface area (Å²) in [5.74, 6) is -0.354. The van der Waals surface area contributed by atoms with Gasteiger partial charge in [-0.05, 0) is 25.1 Å². The third-order valence-electron chi connectivity index (χ3n) is 3.03. The molecule has 1 N–H and O–H groups in total. The number of halogens is 1. The van der Waals surface area contributed by atoms with Crippen LogP contribution in [0.1, 0.15) is 16.3 Å². The van der Waals surface area contributed by atoms with Crippen LogP contribution in [-0.4, -0.2) is 9.97 Å². The van der Waals surface area contributed by atoms with Crippen LogP contribution in [0.4, 0.5) is 10.1 Å². The Morgan fingerprint density at radius 2 is 2.29 bits per heavy atom. The van der Waals surface area contributed by atoms with E-state index in [-0.39, 0.29) is 5.82 Å². The predicted molar refractivity (Wildman–Crippen MR) is 80.6 cm³/mol. The maximum atomic E-state index is 13.5. The first-order chi connectivity index (χ1) is 10.2. The van der Waals surface area contributed by atoms with Crippen LogP contribution in [0.15, 0.2) is 29.8 Å². The Morgan fingerprint density at radius 3 is 3.00 bits per heavy atom. The van der Waals surface area contributed by atoms with Crippen LogP contribution < -0.4 is 5.32 Å². The third-order valence-corrected chi connectivity index (χ3v) is 4.00. The molecule has 0 saturated carbocycles. The molecule has 0 fully saturated rings. The Labute approximate surface area is 124 Å². The number of pyridine rings is 1. The minimum atomic E-state index is -0.354. The quantitative estimate of drug-likeness (QED) is 0.802. The molecule has 0 bridgehead atoms. The van der Waals surface area contributed by atoms with Crippen molar-refractivity contribution < 1.29 is 4.39 Å². The number of thiazole rings is 1. The van der Waals surface area contributed by atoms with Crippen molar-refractivity contribution in [1.82, 2.24) is 9.97 Å². The molecule has 1 aromatic carbocycles. The smallest absolute Gasteiger partial charge is 0.124 e. The number of fused-ring (bicyclic) bond motifs is 1. The lowest BCUT2D eigenvalue weighted by molar-refractivity contribution is 0.629. The number of aryl methyl sites for hydroxylation is 1. The normalized spacial score (nSPS) is 10.5. The molecule has 6 heteroatoms. The topological polar surface area (TPSA) is 61.6 Å². The van der Waals surface area contributed by atoms with E-state index in [1.807, 2.05) is 12.3 Å². The van der Waals surface area contributed by atoms with Crippen molar-refractivity contribution in [3.63, 3.8) is 0 Å². The average Bonchev–Trinajstić information content (AvgIpc) is 2.90. The summed E-state index contributed by atoms with van der Waals surface area (Å²) in [7, 11) is 0. The van der Waals surface area contributed by atoms with E-state index in [1.54, 1.807) is 17.4 Å². The molecule has 0 aliphatic rings. The van der Waals surface area contributed by atoms with Gasteiger partial charge >= 0.3 is 0 Å². The molecule has 0 radical (unpaired) electrons. The average molecular weight is 298 g/mol. The van der Waals surface area contributed by atoms with E-state index in [0.717, 1.165) is 10.7 Å². The molecule has 0 aliphatic carbocycles. The van der Waals surface area contributed by atoms with Gasteiger partial charge in [-0.25, -0.2) is 9.37 Å². The molecule has 0 unspecified atom stereocenters. The van der Waals surface area contributed by atoms with Gasteiger partial charge in [0.2, 0.25) is 0 Å². The zero-order valence-electron chi connectivity index (χ0n) is 11.2. The van der Waals surface area contributed by atoms with Gasteiger partial charge in [0.05, 0.1) is 23.3 Å². The number of nitrogens with one attached hydrogen (secondary N) is 1. The summed E-state index contributed by atoms with van der Waals surface area (Å²) >= 11 is 1.54. The second-order valence-corrected chi connectivity index (χ2v) is 5.50. The van der Waals surface area contributed by atoms with Crippen LogP contribution in [0.5, 0.6) is 0 Å². The van der Waals surface area contributed by atoms with Crippen molar-refractivity contribution in [2.75, 3.05) is 5.32 Å². The van der Waals surface area contributed by atoms with Gasteiger partial charge < -0.3 is 5.32 Å². The highest BCUT2D eigenvalue weighted by Gasteiger charge is 2.10. The Hall–Kier alpha value is -2.52. The fourth-order valence-electron chi connectivity index (χ4n) is 2.09. The number of benzene rings is 1. The predicted octanol–water partition coefficient (Wildman–Crippen LogP) is 3.62. The second-order valence-electron chi connectivity index (χ2n) is 4.56. The van der Waals surface area contributed by atoms with E-state index in [9.17, 15) is 9.65 Å². The van der Waals surface area contributed by atoms with Gasteiger partial charge in [0, 0.05) is 22.7 Å². The first kappa shape index (κ1) is 13.5. The van der Waals surface area contributed by atoms with Crippen LogP contribution in [-0.2, 0) is 6.54 Å². The molecular formula is C15H11FN4S. The van der Waals surface area contributed by atoms with Crippen molar-refractivity contribution in [3.8, 4) is 6.07 Å². The number of nitriles is 1. The van der Waals surface area contributed by atoms with Crippen LogP contribution in [0, 0.1) is 24.1 Å². The highest BCUT2D eigenvalue weighted by atomic mass is 32.1. The van der Waals surface area contributed by atoms with E-state index in [0.29, 0.717) is 28.7 Å². The van der Waals surface area contributed by atoms with E-state index in [4.69, 9.17) is 0 Å². The molecule has 2 aromatic heterocycles. The van der Waals surface area contributed by atoms with Crippen LogP contribution in [0.2, 0.25) is 0 Å². The maximum Gasteiger partial charge on any atom is 0.124 e. The van der Waals surface area contributed by atoms with Gasteiger partial charge in [0.1, 0.15) is 16.9 Å². The van der Waals surface area contributed by atoms with Gasteiger partial charge in [-0.1, -0.05) is 0 Å². The molecular weight excluding hydrogens is 287 g/mol. The van der Waals surface area contributed by atoms with Crippen LogP contribution in [0.3, 0.4) is 0 Å². The number of rotatable bonds is 3. The van der Waals surface area contributed by atoms with Crippen molar-refractivity contribution in [2.24, 2.45) is 0 Å². The fourth-order valence-corrected chi connectivity index (χ4v) is 2.80. The first-order valence-corrected chi connectivity index (χ1v) is 7.18. The highest BCUT2D eigenvalue weighted by Crippen LogP contribution is 2.27. The maximum absolute atomic E-state index is 13.5. The number of hydrogen-bond donors (Lipinski definition) is 1. The van der Waals surface area contributed by atoms with Gasteiger partial charge in [-0.3, -0.25) is 4.98 Å².